The van der Waals surface area contributed by atoms with Crippen molar-refractivity contribution in [3.8, 4) is 28.0 Å². The Labute approximate surface area is 183 Å². The molecule has 0 aliphatic heterocycles. The minimum absolute atomic E-state index is 0.0570. The maximum Gasteiger partial charge on any atom is 0.201 e. The lowest BCUT2D eigenvalue weighted by Gasteiger charge is -2.27. The lowest BCUT2D eigenvalue weighted by atomic mass is 9.78. The number of ether oxygens (including phenoxy) is 1. The molecule has 1 nitrogen and oxygen atoms in total. The summed E-state index contributed by atoms with van der Waals surface area (Å²) < 4.78 is 33.8. The largest absolute Gasteiger partial charge is 0.491 e. The van der Waals surface area contributed by atoms with Crippen LogP contribution in [0.15, 0.2) is 73.3 Å². The second kappa shape index (κ2) is 9.47. The molecule has 3 aromatic rings. The van der Waals surface area contributed by atoms with Crippen LogP contribution in [0.25, 0.3) is 22.3 Å². The third kappa shape index (κ3) is 4.56. The second-order valence-corrected chi connectivity index (χ2v) is 8.22. The first-order valence-electron chi connectivity index (χ1n) is 11.0. The van der Waals surface area contributed by atoms with Crippen molar-refractivity contribution in [1.82, 2.24) is 0 Å². The molecule has 3 aromatic carbocycles. The summed E-state index contributed by atoms with van der Waals surface area (Å²) in [6.45, 7) is 5.96. The minimum Gasteiger partial charge on any atom is -0.491 e. The summed E-state index contributed by atoms with van der Waals surface area (Å²) in [6, 6.07) is 19.4. The van der Waals surface area contributed by atoms with E-state index in [0.29, 0.717) is 24.0 Å². The van der Waals surface area contributed by atoms with Gasteiger partial charge in [-0.25, -0.2) is 4.39 Å². The Bertz CT molecular complexity index is 1030. The molecule has 0 saturated heterocycles. The van der Waals surface area contributed by atoms with Crippen molar-refractivity contribution in [3.63, 3.8) is 0 Å². The molecule has 0 N–H and O–H groups in total. The second-order valence-electron chi connectivity index (χ2n) is 8.22. The van der Waals surface area contributed by atoms with Gasteiger partial charge in [-0.1, -0.05) is 54.6 Å². The van der Waals surface area contributed by atoms with Crippen molar-refractivity contribution in [2.24, 2.45) is 5.92 Å². The highest BCUT2D eigenvalue weighted by Crippen LogP contribution is 2.37. The van der Waals surface area contributed by atoms with E-state index >= 15 is 0 Å². The van der Waals surface area contributed by atoms with Crippen molar-refractivity contribution in [1.29, 1.82) is 0 Å². The summed E-state index contributed by atoms with van der Waals surface area (Å²) in [5.41, 5.74) is 4.44. The Morgan fingerprint density at radius 2 is 1.39 bits per heavy atom. The Kier molecular flexibility index (Phi) is 6.50. The SMILES string of the molecule is C=CC1CCC(c2ccc(-c3ccc(-c4ccc(OCC)c(F)c4F)cc3)cc2)CC1. The van der Waals surface area contributed by atoms with Crippen LogP contribution in [0.2, 0.25) is 0 Å². The third-order valence-corrected chi connectivity index (χ3v) is 6.36. The van der Waals surface area contributed by atoms with Gasteiger partial charge in [-0.3, -0.25) is 0 Å². The van der Waals surface area contributed by atoms with Crippen LogP contribution in [0.3, 0.4) is 0 Å². The number of rotatable bonds is 6. The van der Waals surface area contributed by atoms with Crippen LogP contribution in [-0.2, 0) is 0 Å². The fraction of sp³-hybridized carbons (Fsp3) is 0.286. The maximum atomic E-state index is 14.5. The van der Waals surface area contributed by atoms with E-state index in [1.165, 1.54) is 37.3 Å². The van der Waals surface area contributed by atoms with Gasteiger partial charge in [-0.05, 0) is 78.8 Å². The van der Waals surface area contributed by atoms with Crippen LogP contribution >= 0.6 is 0 Å². The molecule has 1 aliphatic carbocycles. The van der Waals surface area contributed by atoms with E-state index in [2.05, 4.69) is 36.9 Å². The highest BCUT2D eigenvalue weighted by atomic mass is 19.2. The smallest absolute Gasteiger partial charge is 0.201 e. The molecule has 0 radical (unpaired) electrons. The number of hydrogen-bond acceptors (Lipinski definition) is 1. The molecule has 160 valence electrons. The zero-order valence-corrected chi connectivity index (χ0v) is 17.9. The monoisotopic (exact) mass is 418 g/mol. The van der Waals surface area contributed by atoms with Crippen LogP contribution in [0.5, 0.6) is 5.75 Å². The Hall–Kier alpha value is -2.94. The van der Waals surface area contributed by atoms with Crippen molar-refractivity contribution >= 4 is 0 Å². The van der Waals surface area contributed by atoms with E-state index in [0.717, 1.165) is 11.1 Å². The Balaban J connectivity index is 1.50. The van der Waals surface area contributed by atoms with E-state index in [1.807, 2.05) is 24.3 Å². The Morgan fingerprint density at radius 3 is 1.97 bits per heavy atom. The number of allylic oxidation sites excluding steroid dienone is 1. The zero-order valence-electron chi connectivity index (χ0n) is 17.9. The molecule has 0 spiro atoms. The van der Waals surface area contributed by atoms with Crippen molar-refractivity contribution in [3.05, 3.63) is 90.5 Å². The average molecular weight is 419 g/mol. The van der Waals surface area contributed by atoms with E-state index in [-0.39, 0.29) is 11.3 Å². The summed E-state index contributed by atoms with van der Waals surface area (Å²) in [4.78, 5) is 0. The van der Waals surface area contributed by atoms with Gasteiger partial charge in [-0.15, -0.1) is 6.58 Å². The molecule has 0 bridgehead atoms. The van der Waals surface area contributed by atoms with E-state index in [9.17, 15) is 8.78 Å². The van der Waals surface area contributed by atoms with Crippen LogP contribution in [-0.4, -0.2) is 6.61 Å². The number of halogens is 2. The van der Waals surface area contributed by atoms with Crippen LogP contribution in [0.1, 0.15) is 44.1 Å². The van der Waals surface area contributed by atoms with Crippen molar-refractivity contribution in [2.45, 2.75) is 38.5 Å². The molecule has 0 aromatic heterocycles. The molecule has 4 rings (SSSR count). The van der Waals surface area contributed by atoms with Gasteiger partial charge in [0.25, 0.3) is 0 Å². The van der Waals surface area contributed by atoms with Gasteiger partial charge in [0.1, 0.15) is 0 Å². The third-order valence-electron chi connectivity index (χ3n) is 6.36. The summed E-state index contributed by atoms with van der Waals surface area (Å²) in [6.07, 6.45) is 6.97. The quantitative estimate of drug-likeness (QED) is 0.367. The first-order chi connectivity index (χ1) is 15.1. The van der Waals surface area contributed by atoms with Gasteiger partial charge in [-0.2, -0.15) is 4.39 Å². The topological polar surface area (TPSA) is 9.23 Å². The van der Waals surface area contributed by atoms with Gasteiger partial charge in [0.15, 0.2) is 11.6 Å². The number of benzene rings is 3. The molecule has 0 amide bonds. The molecule has 31 heavy (non-hydrogen) atoms. The molecule has 1 aliphatic rings. The van der Waals surface area contributed by atoms with Gasteiger partial charge in [0, 0.05) is 5.56 Å². The summed E-state index contributed by atoms with van der Waals surface area (Å²) in [7, 11) is 0. The van der Waals surface area contributed by atoms with Gasteiger partial charge in [0.05, 0.1) is 6.61 Å². The molecule has 0 heterocycles. The minimum atomic E-state index is -0.943. The van der Waals surface area contributed by atoms with Gasteiger partial charge in [0.2, 0.25) is 5.82 Å². The van der Waals surface area contributed by atoms with Crippen molar-refractivity contribution in [2.75, 3.05) is 6.61 Å². The fourth-order valence-corrected chi connectivity index (χ4v) is 4.50. The standard InChI is InChI=1S/C28H28F2O/c1-3-19-5-7-20(8-6-19)21-9-11-22(12-10-21)23-13-15-24(16-14-23)25-17-18-26(31-4-2)28(30)27(25)29/h3,9-20H,1,4-8H2,2H3. The Morgan fingerprint density at radius 1 is 0.806 bits per heavy atom. The molecular formula is C28H28F2O. The van der Waals surface area contributed by atoms with Crippen molar-refractivity contribution < 1.29 is 13.5 Å². The normalized spacial score (nSPS) is 18.5. The summed E-state index contributed by atoms with van der Waals surface area (Å²) >= 11 is 0. The molecule has 0 unspecified atom stereocenters. The molecular weight excluding hydrogens is 390 g/mol. The number of hydrogen-bond donors (Lipinski definition) is 0. The van der Waals surface area contributed by atoms with E-state index in [4.69, 9.17) is 4.74 Å². The first-order valence-corrected chi connectivity index (χ1v) is 11.0. The van der Waals surface area contributed by atoms with E-state index in [1.54, 1.807) is 13.0 Å². The van der Waals surface area contributed by atoms with Crippen LogP contribution in [0.4, 0.5) is 8.78 Å². The molecule has 0 atom stereocenters. The maximum absolute atomic E-state index is 14.5. The zero-order chi connectivity index (χ0) is 21.8. The van der Waals surface area contributed by atoms with Crippen LogP contribution in [0, 0.1) is 17.6 Å². The van der Waals surface area contributed by atoms with Gasteiger partial charge < -0.3 is 4.74 Å². The summed E-state index contributed by atoms with van der Waals surface area (Å²) in [5.74, 6) is -0.582. The predicted octanol–water partition coefficient (Wildman–Crippen LogP) is 8.16. The lowest BCUT2D eigenvalue weighted by Crippen LogP contribution is -2.11. The van der Waals surface area contributed by atoms with Gasteiger partial charge >= 0.3 is 0 Å². The molecule has 1 fully saturated rings. The first kappa shape index (κ1) is 21.3. The fourth-order valence-electron chi connectivity index (χ4n) is 4.50. The van der Waals surface area contributed by atoms with Crippen LogP contribution < -0.4 is 4.74 Å². The highest BCUT2D eigenvalue weighted by Gasteiger charge is 2.20. The molecule has 3 heteroatoms. The van der Waals surface area contributed by atoms with E-state index < -0.39 is 11.6 Å². The highest BCUT2D eigenvalue weighted by molar-refractivity contribution is 5.71. The molecule has 1 saturated carbocycles. The average Bonchev–Trinajstić information content (AvgIpc) is 2.83. The predicted molar refractivity (Wildman–Crippen MR) is 123 cm³/mol. The lowest BCUT2D eigenvalue weighted by molar-refractivity contribution is 0.314. The summed E-state index contributed by atoms with van der Waals surface area (Å²) in [5, 5.41) is 0.